The summed E-state index contributed by atoms with van der Waals surface area (Å²) in [4.78, 5) is 27.7. The second kappa shape index (κ2) is 12.7. The SMILES string of the molecule is COc1ccc(-c2nn(-c3ccccc3)cc2/C=c2\s/c(=C(/C#N)C(=O)C(C)(C)C)n(-c3ccccc3OC)c2=O)cc1OC. The lowest BCUT2D eigenvalue weighted by Gasteiger charge is -2.15. The molecule has 10 heteroatoms. The Balaban J connectivity index is 1.86. The third kappa shape index (κ3) is 6.03. The van der Waals surface area contributed by atoms with Gasteiger partial charge in [-0.2, -0.15) is 10.4 Å². The van der Waals surface area contributed by atoms with Crippen LogP contribution in [0.25, 0.3) is 34.3 Å². The van der Waals surface area contributed by atoms with Gasteiger partial charge in [-0.05, 0) is 48.5 Å². The average molecular weight is 621 g/mol. The highest BCUT2D eigenvalue weighted by Gasteiger charge is 2.28. The van der Waals surface area contributed by atoms with Crippen molar-refractivity contribution in [2.45, 2.75) is 20.8 Å². The minimum Gasteiger partial charge on any atom is -0.495 e. The van der Waals surface area contributed by atoms with Gasteiger partial charge in [-0.1, -0.05) is 51.1 Å². The van der Waals surface area contributed by atoms with E-state index < -0.39 is 11.0 Å². The lowest BCUT2D eigenvalue weighted by Crippen LogP contribution is -2.33. The molecule has 5 rings (SSSR count). The lowest BCUT2D eigenvalue weighted by atomic mass is 9.87. The summed E-state index contributed by atoms with van der Waals surface area (Å²) in [5.41, 5.74) is 1.87. The van der Waals surface area contributed by atoms with Crippen molar-refractivity contribution in [3.63, 3.8) is 0 Å². The molecule has 0 N–H and O–H groups in total. The first-order valence-electron chi connectivity index (χ1n) is 14.0. The number of carbonyl (C=O) groups is 1. The van der Waals surface area contributed by atoms with Gasteiger partial charge in [0.25, 0.3) is 5.56 Å². The van der Waals surface area contributed by atoms with Crippen molar-refractivity contribution in [1.29, 1.82) is 5.26 Å². The molecule has 0 unspecified atom stereocenters. The minimum absolute atomic E-state index is 0.102. The third-order valence-electron chi connectivity index (χ3n) is 7.09. The van der Waals surface area contributed by atoms with Gasteiger partial charge >= 0.3 is 0 Å². The number of rotatable bonds is 8. The molecule has 228 valence electrons. The van der Waals surface area contributed by atoms with Crippen molar-refractivity contribution in [2.24, 2.45) is 5.41 Å². The molecule has 0 aliphatic heterocycles. The van der Waals surface area contributed by atoms with E-state index in [9.17, 15) is 14.9 Å². The van der Waals surface area contributed by atoms with Crippen LogP contribution in [0.5, 0.6) is 17.2 Å². The van der Waals surface area contributed by atoms with E-state index in [0.717, 1.165) is 22.6 Å². The number of hydrogen-bond acceptors (Lipinski definition) is 8. The Hall–Kier alpha value is -5.40. The molecule has 2 aromatic heterocycles. The molecule has 0 saturated heterocycles. The van der Waals surface area contributed by atoms with Gasteiger partial charge in [0.1, 0.15) is 27.7 Å². The van der Waals surface area contributed by atoms with Gasteiger partial charge < -0.3 is 14.2 Å². The van der Waals surface area contributed by atoms with Crippen LogP contribution in [0.2, 0.25) is 0 Å². The molecular weight excluding hydrogens is 588 g/mol. The van der Waals surface area contributed by atoms with Gasteiger partial charge in [0.05, 0.1) is 37.2 Å². The van der Waals surface area contributed by atoms with Crippen LogP contribution in [-0.4, -0.2) is 41.5 Å². The molecule has 0 aliphatic carbocycles. The zero-order chi connectivity index (χ0) is 32.3. The highest BCUT2D eigenvalue weighted by molar-refractivity contribution is 7.07. The van der Waals surface area contributed by atoms with E-state index in [1.54, 1.807) is 76.1 Å². The van der Waals surface area contributed by atoms with E-state index in [0.29, 0.717) is 38.7 Å². The fourth-order valence-electron chi connectivity index (χ4n) is 4.81. The van der Waals surface area contributed by atoms with E-state index in [1.807, 2.05) is 48.7 Å². The third-order valence-corrected chi connectivity index (χ3v) is 8.18. The summed E-state index contributed by atoms with van der Waals surface area (Å²) in [6.07, 6.45) is 3.57. The van der Waals surface area contributed by atoms with Gasteiger partial charge in [-0.25, -0.2) is 4.68 Å². The summed E-state index contributed by atoms with van der Waals surface area (Å²) in [6, 6.07) is 24.2. The van der Waals surface area contributed by atoms with E-state index in [2.05, 4.69) is 6.07 Å². The van der Waals surface area contributed by atoms with Crippen molar-refractivity contribution in [2.75, 3.05) is 21.3 Å². The van der Waals surface area contributed by atoms with Crippen molar-refractivity contribution in [3.8, 4) is 45.9 Å². The molecule has 0 aliphatic rings. The summed E-state index contributed by atoms with van der Waals surface area (Å²) in [5.74, 6) is 1.15. The molecule has 5 aromatic rings. The molecule has 0 bridgehead atoms. The average Bonchev–Trinajstić information content (AvgIpc) is 3.61. The van der Waals surface area contributed by atoms with Crippen molar-refractivity contribution in [1.82, 2.24) is 14.3 Å². The number of nitriles is 1. The van der Waals surface area contributed by atoms with Crippen LogP contribution in [0.4, 0.5) is 0 Å². The summed E-state index contributed by atoms with van der Waals surface area (Å²) in [5, 5.41) is 15.1. The van der Waals surface area contributed by atoms with Crippen molar-refractivity contribution in [3.05, 3.63) is 104 Å². The molecule has 0 radical (unpaired) electrons. The Morgan fingerprint density at radius 1 is 0.911 bits per heavy atom. The van der Waals surface area contributed by atoms with Gasteiger partial charge in [-0.15, -0.1) is 11.3 Å². The van der Waals surface area contributed by atoms with E-state index in [1.165, 1.54) is 11.7 Å². The maximum absolute atomic E-state index is 14.3. The molecular formula is C35H32N4O5S. The number of nitrogens with zero attached hydrogens (tertiary/aromatic N) is 4. The molecule has 3 aromatic carbocycles. The number of ketones is 1. The predicted molar refractivity (Wildman–Crippen MR) is 175 cm³/mol. The first kappa shape index (κ1) is 31.0. The van der Waals surface area contributed by atoms with Crippen LogP contribution in [0, 0.1) is 16.7 Å². The normalized spacial score (nSPS) is 12.4. The van der Waals surface area contributed by atoms with Gasteiger partial charge in [0, 0.05) is 22.7 Å². The maximum Gasteiger partial charge on any atom is 0.273 e. The standard InChI is InChI=1S/C35H32N4O5S/c1-35(2,3)32(40)25(20-36)34-39(26-14-10-11-15-27(26)42-4)33(41)30(45-34)19-23-21-38(24-12-8-7-9-13-24)37-31(23)22-16-17-28(43-5)29(18-22)44-6/h7-19,21H,1-6H3/b30-19-,34-25-. The van der Waals surface area contributed by atoms with Crippen molar-refractivity contribution >= 4 is 28.8 Å². The number of hydrogen-bond donors (Lipinski definition) is 0. The number of ether oxygens (including phenoxy) is 3. The smallest absolute Gasteiger partial charge is 0.273 e. The van der Waals surface area contributed by atoms with Gasteiger partial charge in [0.15, 0.2) is 17.3 Å². The Kier molecular flexibility index (Phi) is 8.75. The Morgan fingerprint density at radius 2 is 1.58 bits per heavy atom. The summed E-state index contributed by atoms with van der Waals surface area (Å²) >= 11 is 1.07. The summed E-state index contributed by atoms with van der Waals surface area (Å²) in [6.45, 7) is 5.23. The molecule has 0 amide bonds. The van der Waals surface area contributed by atoms with Gasteiger partial charge in [-0.3, -0.25) is 14.2 Å². The number of benzene rings is 3. The zero-order valence-corrected chi connectivity index (χ0v) is 26.6. The molecule has 0 fully saturated rings. The molecule has 45 heavy (non-hydrogen) atoms. The highest BCUT2D eigenvalue weighted by atomic mass is 32.1. The number of thiazole rings is 1. The second-order valence-corrected chi connectivity index (χ2v) is 12.1. The Morgan fingerprint density at radius 3 is 2.22 bits per heavy atom. The lowest BCUT2D eigenvalue weighted by molar-refractivity contribution is -0.120. The molecule has 0 spiro atoms. The summed E-state index contributed by atoms with van der Waals surface area (Å²) in [7, 11) is 4.64. The van der Waals surface area contributed by atoms with Crippen LogP contribution in [0.1, 0.15) is 26.3 Å². The Labute approximate surface area is 264 Å². The molecule has 0 atom stereocenters. The zero-order valence-electron chi connectivity index (χ0n) is 25.8. The monoisotopic (exact) mass is 620 g/mol. The van der Waals surface area contributed by atoms with Crippen LogP contribution in [0.15, 0.2) is 83.8 Å². The highest BCUT2D eigenvalue weighted by Crippen LogP contribution is 2.33. The van der Waals surface area contributed by atoms with E-state index in [-0.39, 0.29) is 16.0 Å². The quantitative estimate of drug-likeness (QED) is 0.243. The molecule has 2 heterocycles. The van der Waals surface area contributed by atoms with Crippen LogP contribution >= 0.6 is 11.3 Å². The number of carbonyl (C=O) groups excluding carboxylic acids is 1. The Bertz CT molecular complexity index is 2110. The number of methoxy groups -OCH3 is 3. The molecule has 9 nitrogen and oxygen atoms in total. The van der Waals surface area contributed by atoms with E-state index >= 15 is 0 Å². The van der Waals surface area contributed by atoms with Gasteiger partial charge in [0.2, 0.25) is 0 Å². The first-order valence-corrected chi connectivity index (χ1v) is 14.9. The number of Topliss-reactive ketones (excluding diaryl/α,β-unsaturated/α-hetero) is 1. The van der Waals surface area contributed by atoms with Crippen LogP contribution in [-0.2, 0) is 4.79 Å². The van der Waals surface area contributed by atoms with E-state index in [4.69, 9.17) is 19.3 Å². The number of aromatic nitrogens is 3. The first-order chi connectivity index (χ1) is 21.6. The minimum atomic E-state index is -0.849. The topological polar surface area (TPSA) is 108 Å². The second-order valence-electron chi connectivity index (χ2n) is 11.1. The maximum atomic E-state index is 14.3. The predicted octanol–water partition coefficient (Wildman–Crippen LogP) is 4.90. The fourth-order valence-corrected chi connectivity index (χ4v) is 5.89. The van der Waals surface area contributed by atoms with Crippen LogP contribution < -0.4 is 29.0 Å². The van der Waals surface area contributed by atoms with Crippen LogP contribution in [0.3, 0.4) is 0 Å². The number of para-hydroxylation sites is 3. The summed E-state index contributed by atoms with van der Waals surface area (Å²) < 4.78 is 20.2. The largest absolute Gasteiger partial charge is 0.495 e. The fraction of sp³-hybridized carbons (Fsp3) is 0.200. The van der Waals surface area contributed by atoms with Crippen molar-refractivity contribution < 1.29 is 19.0 Å². The molecule has 0 saturated carbocycles.